The summed E-state index contributed by atoms with van der Waals surface area (Å²) in [5, 5.41) is 16.5. The molecule has 0 saturated heterocycles. The molecule has 1 aromatic carbocycles. The van der Waals surface area contributed by atoms with E-state index in [0.717, 1.165) is 16.8 Å². The molecule has 2 heterocycles. The van der Waals surface area contributed by atoms with E-state index in [1.807, 2.05) is 13.0 Å². The highest BCUT2D eigenvalue weighted by atomic mass is 16.5. The summed E-state index contributed by atoms with van der Waals surface area (Å²) in [6.45, 7) is 1.87. The van der Waals surface area contributed by atoms with Crippen molar-refractivity contribution in [2.75, 3.05) is 14.2 Å². The number of ether oxygens (including phenoxy) is 3. The number of nitrogens with two attached hydrogens (primary N) is 1. The van der Waals surface area contributed by atoms with E-state index in [0.29, 0.717) is 23.0 Å². The minimum Gasteiger partial charge on any atom is -0.497 e. The Morgan fingerprint density at radius 2 is 2.13 bits per heavy atom. The fraction of sp³-hybridized carbons (Fsp3) is 0.250. The number of rotatable bonds is 3. The van der Waals surface area contributed by atoms with Crippen molar-refractivity contribution < 1.29 is 14.2 Å². The normalized spacial score (nSPS) is 16.3. The Morgan fingerprint density at radius 1 is 1.35 bits per heavy atom. The summed E-state index contributed by atoms with van der Waals surface area (Å²) < 4.78 is 16.2. The van der Waals surface area contributed by atoms with E-state index in [4.69, 9.17) is 19.9 Å². The van der Waals surface area contributed by atoms with Crippen LogP contribution in [0.3, 0.4) is 0 Å². The third kappa shape index (κ3) is 2.25. The van der Waals surface area contributed by atoms with Crippen molar-refractivity contribution in [1.82, 2.24) is 10.2 Å². The van der Waals surface area contributed by atoms with E-state index >= 15 is 0 Å². The predicted molar refractivity (Wildman–Crippen MR) is 82.2 cm³/mol. The number of aromatic nitrogens is 2. The minimum absolute atomic E-state index is 0.0429. The number of hydrogen-bond acceptors (Lipinski definition) is 6. The maximum atomic E-state index is 9.57. The van der Waals surface area contributed by atoms with Gasteiger partial charge in [-0.2, -0.15) is 5.26 Å². The van der Waals surface area contributed by atoms with Crippen LogP contribution < -0.4 is 19.9 Å². The van der Waals surface area contributed by atoms with Gasteiger partial charge in [0, 0.05) is 16.8 Å². The standard InChI is InChI=1S/C16H16N4O3/c1-8-13-14(10-6-9(21-2)4-5-12(10)22-3)11(7-17)15(18)23-16(13)20-19-8/h4-6,14H,18H2,1-3H3,(H,19,20). The molecule has 0 aliphatic carbocycles. The second kappa shape index (κ2) is 5.57. The molecular weight excluding hydrogens is 296 g/mol. The number of benzene rings is 1. The molecule has 7 heteroatoms. The molecule has 1 aromatic heterocycles. The molecule has 3 N–H and O–H groups in total. The summed E-state index contributed by atoms with van der Waals surface area (Å²) in [4.78, 5) is 0. The van der Waals surface area contributed by atoms with Crippen molar-refractivity contribution in [3.8, 4) is 23.4 Å². The lowest BCUT2D eigenvalue weighted by Gasteiger charge is -2.25. The first-order chi connectivity index (χ1) is 11.1. The quantitative estimate of drug-likeness (QED) is 0.897. The minimum atomic E-state index is -0.437. The molecule has 1 aliphatic rings. The Labute approximate surface area is 133 Å². The van der Waals surface area contributed by atoms with Crippen molar-refractivity contribution in [2.24, 2.45) is 5.73 Å². The lowest BCUT2D eigenvalue weighted by Crippen LogP contribution is -2.21. The van der Waals surface area contributed by atoms with Gasteiger partial charge in [0.05, 0.1) is 20.1 Å². The topological polar surface area (TPSA) is 106 Å². The molecule has 0 amide bonds. The zero-order valence-corrected chi connectivity index (χ0v) is 13.0. The average Bonchev–Trinajstić information content (AvgIpc) is 2.93. The highest BCUT2D eigenvalue weighted by Gasteiger charge is 2.36. The SMILES string of the molecule is COc1ccc(OC)c(C2C(C#N)=C(N)Oc3n[nH]c(C)c32)c1. The second-order valence-electron chi connectivity index (χ2n) is 5.10. The van der Waals surface area contributed by atoms with Gasteiger partial charge >= 0.3 is 0 Å². The van der Waals surface area contributed by atoms with Crippen LogP contribution in [-0.2, 0) is 0 Å². The first-order valence-electron chi connectivity index (χ1n) is 6.95. The van der Waals surface area contributed by atoms with Gasteiger partial charge in [0.2, 0.25) is 11.8 Å². The van der Waals surface area contributed by atoms with Crippen LogP contribution in [0.2, 0.25) is 0 Å². The first-order valence-corrected chi connectivity index (χ1v) is 6.95. The van der Waals surface area contributed by atoms with Crippen LogP contribution in [0, 0.1) is 18.3 Å². The number of nitrogens with one attached hydrogen (secondary N) is 1. The molecule has 118 valence electrons. The summed E-state index contributed by atoms with van der Waals surface area (Å²) in [5.41, 5.74) is 8.56. The molecule has 0 fully saturated rings. The number of hydrogen-bond donors (Lipinski definition) is 2. The molecule has 0 radical (unpaired) electrons. The van der Waals surface area contributed by atoms with Gasteiger partial charge < -0.3 is 19.9 Å². The molecular formula is C16H16N4O3. The summed E-state index contributed by atoms with van der Waals surface area (Å²) >= 11 is 0. The van der Waals surface area contributed by atoms with Crippen LogP contribution in [0.25, 0.3) is 0 Å². The van der Waals surface area contributed by atoms with Gasteiger partial charge in [-0.25, -0.2) is 0 Å². The molecule has 1 atom stereocenters. The Morgan fingerprint density at radius 3 is 2.78 bits per heavy atom. The summed E-state index contributed by atoms with van der Waals surface area (Å²) in [6.07, 6.45) is 0. The van der Waals surface area contributed by atoms with Gasteiger partial charge in [-0.05, 0) is 25.1 Å². The van der Waals surface area contributed by atoms with E-state index in [1.54, 1.807) is 26.4 Å². The number of aryl methyl sites for hydroxylation is 1. The summed E-state index contributed by atoms with van der Waals surface area (Å²) in [7, 11) is 3.16. The summed E-state index contributed by atoms with van der Waals surface area (Å²) in [6, 6.07) is 7.56. The van der Waals surface area contributed by atoms with E-state index in [2.05, 4.69) is 16.3 Å². The number of allylic oxidation sites excluding steroid dienone is 1. The van der Waals surface area contributed by atoms with E-state index in [1.165, 1.54) is 0 Å². The number of methoxy groups -OCH3 is 2. The van der Waals surface area contributed by atoms with Crippen molar-refractivity contribution in [3.05, 3.63) is 46.5 Å². The number of H-pyrrole nitrogens is 1. The smallest absolute Gasteiger partial charge is 0.244 e. The van der Waals surface area contributed by atoms with Crippen molar-refractivity contribution >= 4 is 0 Å². The van der Waals surface area contributed by atoms with Crippen LogP contribution in [0.4, 0.5) is 0 Å². The van der Waals surface area contributed by atoms with Crippen LogP contribution in [-0.4, -0.2) is 24.4 Å². The Kier molecular flexibility index (Phi) is 3.58. The number of fused-ring (bicyclic) bond motifs is 1. The highest BCUT2D eigenvalue weighted by molar-refractivity contribution is 5.59. The Hall–Kier alpha value is -3.14. The van der Waals surface area contributed by atoms with E-state index < -0.39 is 5.92 Å². The fourth-order valence-corrected chi connectivity index (χ4v) is 2.77. The van der Waals surface area contributed by atoms with Gasteiger partial charge in [-0.1, -0.05) is 0 Å². The lowest BCUT2D eigenvalue weighted by atomic mass is 9.83. The lowest BCUT2D eigenvalue weighted by molar-refractivity contribution is 0.373. The summed E-state index contributed by atoms with van der Waals surface area (Å²) in [5.74, 6) is 1.26. The molecule has 1 unspecified atom stereocenters. The maximum absolute atomic E-state index is 9.57. The third-order valence-corrected chi connectivity index (χ3v) is 3.88. The second-order valence-corrected chi connectivity index (χ2v) is 5.10. The molecule has 1 aliphatic heterocycles. The van der Waals surface area contributed by atoms with Crippen molar-refractivity contribution in [1.29, 1.82) is 5.26 Å². The monoisotopic (exact) mass is 312 g/mol. The molecule has 0 saturated carbocycles. The largest absolute Gasteiger partial charge is 0.497 e. The number of nitrogens with zero attached hydrogens (tertiary/aromatic N) is 2. The average molecular weight is 312 g/mol. The van der Waals surface area contributed by atoms with Crippen LogP contribution in [0.5, 0.6) is 17.4 Å². The molecule has 23 heavy (non-hydrogen) atoms. The van der Waals surface area contributed by atoms with Gasteiger partial charge in [0.1, 0.15) is 23.1 Å². The van der Waals surface area contributed by atoms with Crippen LogP contribution >= 0.6 is 0 Å². The zero-order valence-electron chi connectivity index (χ0n) is 13.0. The molecule has 0 bridgehead atoms. The zero-order chi connectivity index (χ0) is 16.6. The van der Waals surface area contributed by atoms with E-state index in [9.17, 15) is 5.26 Å². The van der Waals surface area contributed by atoms with Crippen molar-refractivity contribution in [2.45, 2.75) is 12.8 Å². The van der Waals surface area contributed by atoms with Gasteiger partial charge in [-0.3, -0.25) is 5.10 Å². The van der Waals surface area contributed by atoms with E-state index in [-0.39, 0.29) is 5.88 Å². The molecule has 2 aromatic rings. The van der Waals surface area contributed by atoms with Crippen molar-refractivity contribution in [3.63, 3.8) is 0 Å². The predicted octanol–water partition coefficient (Wildman–Crippen LogP) is 1.95. The third-order valence-electron chi connectivity index (χ3n) is 3.88. The first kappa shape index (κ1) is 14.8. The Balaban J connectivity index is 2.29. The van der Waals surface area contributed by atoms with Crippen LogP contribution in [0.15, 0.2) is 29.7 Å². The fourth-order valence-electron chi connectivity index (χ4n) is 2.77. The highest BCUT2D eigenvalue weighted by Crippen LogP contribution is 2.46. The maximum Gasteiger partial charge on any atom is 0.244 e. The molecule has 0 spiro atoms. The van der Waals surface area contributed by atoms with Crippen LogP contribution in [0.1, 0.15) is 22.7 Å². The number of nitriles is 1. The van der Waals surface area contributed by atoms with Gasteiger partial charge in [-0.15, -0.1) is 5.10 Å². The Bertz CT molecular complexity index is 832. The number of aromatic amines is 1. The molecule has 7 nitrogen and oxygen atoms in total. The molecule has 3 rings (SSSR count). The van der Waals surface area contributed by atoms with Gasteiger partial charge in [0.25, 0.3) is 0 Å². The van der Waals surface area contributed by atoms with Gasteiger partial charge in [0.15, 0.2) is 0 Å².